The van der Waals surface area contributed by atoms with Gasteiger partial charge in [0, 0.05) is 6.07 Å². The molecule has 202 valence electrons. The second kappa shape index (κ2) is 11.6. The lowest BCUT2D eigenvalue weighted by atomic mass is 9.99. The van der Waals surface area contributed by atoms with Gasteiger partial charge in [-0.2, -0.15) is 0 Å². The Morgan fingerprint density at radius 2 is 1.63 bits per heavy atom. The lowest BCUT2D eigenvalue weighted by Crippen LogP contribution is -2.60. The molecule has 3 aromatic rings. The largest absolute Gasteiger partial charge is 0.497 e. The fourth-order valence-corrected chi connectivity index (χ4v) is 3.85. The number of aliphatic hydroxyl groups excluding tert-OH is 3. The summed E-state index contributed by atoms with van der Waals surface area (Å²) in [6, 6.07) is 11.3. The predicted molar refractivity (Wildman–Crippen MR) is 129 cm³/mol. The van der Waals surface area contributed by atoms with Crippen molar-refractivity contribution < 1.29 is 53.0 Å². The van der Waals surface area contributed by atoms with Crippen LogP contribution in [0.1, 0.15) is 6.42 Å². The highest BCUT2D eigenvalue weighted by molar-refractivity contribution is 5.91. The molecule has 3 N–H and O–H groups in total. The number of fused-ring (bicyclic) bond motifs is 1. The third-order valence-corrected chi connectivity index (χ3v) is 5.99. The number of esters is 2. The third kappa shape index (κ3) is 5.78. The lowest BCUT2D eigenvalue weighted by Gasteiger charge is -2.39. The van der Waals surface area contributed by atoms with Crippen LogP contribution in [0.2, 0.25) is 0 Å². The molecule has 1 aliphatic heterocycles. The summed E-state index contributed by atoms with van der Waals surface area (Å²) in [5.74, 6) is -0.959. The van der Waals surface area contributed by atoms with E-state index in [1.807, 2.05) is 0 Å². The highest BCUT2D eigenvalue weighted by atomic mass is 16.7. The van der Waals surface area contributed by atoms with Crippen LogP contribution in [0, 0.1) is 0 Å². The van der Waals surface area contributed by atoms with Crippen LogP contribution in [0.3, 0.4) is 0 Å². The van der Waals surface area contributed by atoms with Gasteiger partial charge < -0.3 is 43.4 Å². The van der Waals surface area contributed by atoms with E-state index in [9.17, 15) is 29.7 Å². The minimum absolute atomic E-state index is 0.131. The van der Waals surface area contributed by atoms with Gasteiger partial charge in [0.1, 0.15) is 60.8 Å². The molecule has 0 bridgehead atoms. The molecule has 0 saturated carbocycles. The van der Waals surface area contributed by atoms with Crippen LogP contribution in [0.5, 0.6) is 11.5 Å². The fraction of sp³-hybridized carbons (Fsp3) is 0.346. The molecule has 1 fully saturated rings. The number of hydrogen-bond donors (Lipinski definition) is 3. The molecule has 12 nitrogen and oxygen atoms in total. The maximum Gasteiger partial charge on any atom is 0.317 e. The Kier molecular flexibility index (Phi) is 8.27. The monoisotopic (exact) mass is 530 g/mol. The Morgan fingerprint density at radius 3 is 2.32 bits per heavy atom. The summed E-state index contributed by atoms with van der Waals surface area (Å²) in [7, 11) is 2.66. The molecule has 38 heavy (non-hydrogen) atoms. The quantitative estimate of drug-likeness (QED) is 0.276. The third-order valence-electron chi connectivity index (χ3n) is 5.99. The normalized spacial score (nSPS) is 23.0. The summed E-state index contributed by atoms with van der Waals surface area (Å²) in [4.78, 5) is 36.0. The molecule has 1 aliphatic rings. The Labute approximate surface area is 215 Å². The average Bonchev–Trinajstić information content (AvgIpc) is 2.93. The van der Waals surface area contributed by atoms with Gasteiger partial charge in [-0.1, -0.05) is 12.1 Å². The van der Waals surface area contributed by atoms with Crippen molar-refractivity contribution in [1.29, 1.82) is 0 Å². The molecular formula is C26H26O12. The number of aliphatic hydroxyl groups is 3. The Balaban J connectivity index is 1.49. The molecule has 12 heteroatoms. The Morgan fingerprint density at radius 1 is 0.921 bits per heavy atom. The summed E-state index contributed by atoms with van der Waals surface area (Å²) in [6.07, 6.45) is -7.03. The fourth-order valence-electron chi connectivity index (χ4n) is 3.85. The van der Waals surface area contributed by atoms with Crippen LogP contribution in [0.25, 0.3) is 22.1 Å². The number of rotatable bonds is 8. The molecule has 5 atom stereocenters. The standard InChI is InChI=1S/C26H26O12/c1-33-14-5-3-13(4-6-14)17-11-35-18-9-15(7-8-16(18)22(17)29)37-26-25(32)24(31)23(30)19(38-26)12-36-21(28)10-20(27)34-2/h3-9,11,19,23-26,30-32H,10,12H2,1-2H3/t19-,23+,24-,25-,26+/m0/s1. The lowest BCUT2D eigenvalue weighted by molar-refractivity contribution is -0.278. The molecule has 4 rings (SSSR count). The van der Waals surface area contributed by atoms with Crippen molar-refractivity contribution in [2.45, 2.75) is 37.1 Å². The van der Waals surface area contributed by atoms with E-state index in [-0.39, 0.29) is 22.1 Å². The summed E-state index contributed by atoms with van der Waals surface area (Å²) in [6.45, 7) is -0.526. The van der Waals surface area contributed by atoms with Crippen molar-refractivity contribution >= 4 is 22.9 Å². The highest BCUT2D eigenvalue weighted by Crippen LogP contribution is 2.28. The minimum atomic E-state index is -1.69. The summed E-state index contributed by atoms with van der Waals surface area (Å²) < 4.78 is 31.3. The second-order valence-electron chi connectivity index (χ2n) is 8.43. The SMILES string of the molecule is COC(=O)CC(=O)OC[C@@H]1O[C@@H](Oc2ccc3c(=O)c(-c4ccc(OC)cc4)coc3c2)[C@@H](O)[C@@H](O)[C@@H]1O. The van der Waals surface area contributed by atoms with Gasteiger partial charge in [-0.05, 0) is 29.8 Å². The van der Waals surface area contributed by atoms with Crippen LogP contribution in [0.15, 0.2) is 57.9 Å². The van der Waals surface area contributed by atoms with Crippen molar-refractivity contribution in [3.05, 3.63) is 59.0 Å². The summed E-state index contributed by atoms with van der Waals surface area (Å²) >= 11 is 0. The van der Waals surface area contributed by atoms with Gasteiger partial charge in [0.05, 0.1) is 25.2 Å². The van der Waals surface area contributed by atoms with Crippen molar-refractivity contribution in [3.8, 4) is 22.6 Å². The van der Waals surface area contributed by atoms with Gasteiger partial charge in [-0.15, -0.1) is 0 Å². The van der Waals surface area contributed by atoms with E-state index < -0.39 is 55.7 Å². The molecule has 1 aromatic heterocycles. The van der Waals surface area contributed by atoms with Gasteiger partial charge in [0.2, 0.25) is 6.29 Å². The smallest absolute Gasteiger partial charge is 0.317 e. The van der Waals surface area contributed by atoms with Crippen molar-refractivity contribution in [3.63, 3.8) is 0 Å². The Hall–Kier alpha value is -3.97. The first-order valence-electron chi connectivity index (χ1n) is 11.5. The summed E-state index contributed by atoms with van der Waals surface area (Å²) in [5, 5.41) is 31.1. The van der Waals surface area contributed by atoms with Crippen LogP contribution < -0.4 is 14.9 Å². The maximum atomic E-state index is 13.0. The zero-order valence-electron chi connectivity index (χ0n) is 20.4. The molecule has 0 amide bonds. The van der Waals surface area contributed by atoms with E-state index in [1.54, 1.807) is 31.4 Å². The van der Waals surface area contributed by atoms with E-state index in [2.05, 4.69) is 4.74 Å². The average molecular weight is 530 g/mol. The topological polar surface area (TPSA) is 171 Å². The van der Waals surface area contributed by atoms with E-state index in [4.69, 9.17) is 23.4 Å². The van der Waals surface area contributed by atoms with Crippen LogP contribution in [-0.4, -0.2) is 78.8 Å². The Bertz CT molecular complexity index is 1350. The molecule has 0 spiro atoms. The van der Waals surface area contributed by atoms with Gasteiger partial charge in [-0.25, -0.2) is 0 Å². The van der Waals surface area contributed by atoms with E-state index in [0.29, 0.717) is 16.9 Å². The van der Waals surface area contributed by atoms with Crippen molar-refractivity contribution in [1.82, 2.24) is 0 Å². The van der Waals surface area contributed by atoms with Gasteiger partial charge in [0.15, 0.2) is 5.43 Å². The van der Waals surface area contributed by atoms with Crippen LogP contribution in [0.4, 0.5) is 0 Å². The first-order valence-corrected chi connectivity index (χ1v) is 11.5. The molecule has 1 saturated heterocycles. The molecule has 0 aliphatic carbocycles. The number of hydrogen-bond acceptors (Lipinski definition) is 12. The van der Waals surface area contributed by atoms with Crippen molar-refractivity contribution in [2.75, 3.05) is 20.8 Å². The summed E-state index contributed by atoms with van der Waals surface area (Å²) in [5.41, 5.74) is 0.918. The first kappa shape index (κ1) is 27.1. The number of benzene rings is 2. The molecule has 0 unspecified atom stereocenters. The molecular weight excluding hydrogens is 504 g/mol. The van der Waals surface area contributed by atoms with Gasteiger partial charge >= 0.3 is 11.9 Å². The molecule has 2 heterocycles. The van der Waals surface area contributed by atoms with Crippen molar-refractivity contribution in [2.24, 2.45) is 0 Å². The van der Waals surface area contributed by atoms with E-state index >= 15 is 0 Å². The number of methoxy groups -OCH3 is 2. The van der Waals surface area contributed by atoms with Gasteiger partial charge in [0.25, 0.3) is 0 Å². The highest BCUT2D eigenvalue weighted by Gasteiger charge is 2.45. The predicted octanol–water partition coefficient (Wildman–Crippen LogP) is 0.761. The minimum Gasteiger partial charge on any atom is -0.497 e. The zero-order valence-corrected chi connectivity index (χ0v) is 20.4. The molecule has 0 radical (unpaired) electrons. The second-order valence-corrected chi connectivity index (χ2v) is 8.43. The zero-order chi connectivity index (χ0) is 27.4. The first-order chi connectivity index (χ1) is 18.2. The van der Waals surface area contributed by atoms with Gasteiger partial charge in [-0.3, -0.25) is 14.4 Å². The number of ether oxygens (including phenoxy) is 5. The van der Waals surface area contributed by atoms with Crippen LogP contribution in [-0.2, 0) is 23.8 Å². The molecule has 2 aromatic carbocycles. The van der Waals surface area contributed by atoms with Crippen LogP contribution >= 0.6 is 0 Å². The van der Waals surface area contributed by atoms with E-state index in [1.165, 1.54) is 24.5 Å². The number of carbonyl (C=O) groups is 2. The maximum absolute atomic E-state index is 13.0. The number of carbonyl (C=O) groups excluding carboxylic acids is 2. The van der Waals surface area contributed by atoms with E-state index in [0.717, 1.165) is 7.11 Å².